The van der Waals surface area contributed by atoms with E-state index in [1.807, 2.05) is 13.8 Å². The highest BCUT2D eigenvalue weighted by Gasteiger charge is 2.31. The van der Waals surface area contributed by atoms with Crippen molar-refractivity contribution in [3.05, 3.63) is 12.2 Å². The summed E-state index contributed by atoms with van der Waals surface area (Å²) in [5, 5.41) is 0. The van der Waals surface area contributed by atoms with Gasteiger partial charge in [0.2, 0.25) is 5.91 Å². The molecule has 0 bridgehead atoms. The molecule has 13 heavy (non-hydrogen) atoms. The molecule has 0 aliphatic carbocycles. The van der Waals surface area contributed by atoms with Crippen LogP contribution >= 0.6 is 0 Å². The van der Waals surface area contributed by atoms with E-state index in [2.05, 4.69) is 6.58 Å². The molecule has 3 nitrogen and oxygen atoms in total. The van der Waals surface area contributed by atoms with E-state index in [1.54, 1.807) is 4.90 Å². The number of nitrogens with zero attached hydrogens (tertiary/aromatic N) is 1. The summed E-state index contributed by atoms with van der Waals surface area (Å²) in [6, 6.07) is -0.276. The largest absolute Gasteiger partial charge is 0.328 e. The predicted octanol–water partition coefficient (Wildman–Crippen LogP) is 0.998. The molecule has 1 rings (SSSR count). The second-order valence-corrected chi connectivity index (χ2v) is 3.78. The van der Waals surface area contributed by atoms with Crippen LogP contribution in [-0.2, 0) is 9.59 Å². The van der Waals surface area contributed by atoms with Gasteiger partial charge in [-0.25, -0.2) is 0 Å². The van der Waals surface area contributed by atoms with Crippen molar-refractivity contribution in [1.82, 2.24) is 4.90 Å². The van der Waals surface area contributed by atoms with Gasteiger partial charge in [-0.2, -0.15) is 0 Å². The normalized spacial score (nSPS) is 22.5. The van der Waals surface area contributed by atoms with Crippen molar-refractivity contribution in [3.63, 3.8) is 0 Å². The van der Waals surface area contributed by atoms with Gasteiger partial charge in [0.25, 0.3) is 0 Å². The molecule has 1 fully saturated rings. The molecule has 72 valence electrons. The lowest BCUT2D eigenvalue weighted by molar-refractivity contribution is -0.137. The van der Waals surface area contributed by atoms with E-state index in [-0.39, 0.29) is 17.9 Å². The maximum absolute atomic E-state index is 11.6. The van der Waals surface area contributed by atoms with Crippen LogP contribution in [0.4, 0.5) is 0 Å². The average molecular weight is 181 g/mol. The van der Waals surface area contributed by atoms with Gasteiger partial charge in [0.15, 0.2) is 0 Å². The Kier molecular flexibility index (Phi) is 2.86. The van der Waals surface area contributed by atoms with Crippen LogP contribution in [0.1, 0.15) is 20.3 Å². The van der Waals surface area contributed by atoms with E-state index >= 15 is 0 Å². The Hall–Kier alpha value is -1.12. The van der Waals surface area contributed by atoms with E-state index in [4.69, 9.17) is 0 Å². The van der Waals surface area contributed by atoms with E-state index in [1.165, 1.54) is 0 Å². The molecule has 1 atom stereocenters. The first-order valence-corrected chi connectivity index (χ1v) is 4.48. The molecular weight excluding hydrogens is 166 g/mol. The van der Waals surface area contributed by atoms with Crippen LogP contribution < -0.4 is 0 Å². The number of aldehydes is 1. The van der Waals surface area contributed by atoms with Crippen LogP contribution in [0.15, 0.2) is 12.2 Å². The Morgan fingerprint density at radius 3 is 2.77 bits per heavy atom. The fraction of sp³-hybridized carbons (Fsp3) is 0.600. The molecular formula is C10H15NO2. The van der Waals surface area contributed by atoms with Gasteiger partial charge in [-0.05, 0) is 6.42 Å². The third-order valence-electron chi connectivity index (χ3n) is 2.23. The molecule has 0 aromatic rings. The Morgan fingerprint density at radius 2 is 2.31 bits per heavy atom. The number of carbonyl (C=O) groups excluding carboxylic acids is 2. The third-order valence-corrected chi connectivity index (χ3v) is 2.23. The summed E-state index contributed by atoms with van der Waals surface area (Å²) in [7, 11) is 0. The molecule has 3 heteroatoms. The van der Waals surface area contributed by atoms with E-state index < -0.39 is 0 Å². The van der Waals surface area contributed by atoms with Crippen molar-refractivity contribution in [3.8, 4) is 0 Å². The molecule has 0 spiro atoms. The zero-order valence-corrected chi connectivity index (χ0v) is 8.12. The second-order valence-electron chi connectivity index (χ2n) is 3.78. The second kappa shape index (κ2) is 3.73. The first-order valence-electron chi connectivity index (χ1n) is 4.48. The van der Waals surface area contributed by atoms with E-state index in [9.17, 15) is 9.59 Å². The quantitative estimate of drug-likeness (QED) is 0.470. The molecule has 1 saturated heterocycles. The lowest BCUT2D eigenvalue weighted by atomic mass is 10.1. The minimum Gasteiger partial charge on any atom is -0.328 e. The van der Waals surface area contributed by atoms with Crippen LogP contribution in [0.5, 0.6) is 0 Å². The maximum atomic E-state index is 11.6. The number of likely N-dealkylation sites (tertiary alicyclic amines) is 1. The van der Waals surface area contributed by atoms with Gasteiger partial charge in [-0.1, -0.05) is 26.0 Å². The van der Waals surface area contributed by atoms with Crippen LogP contribution in [0, 0.1) is 5.92 Å². The Morgan fingerprint density at radius 1 is 1.69 bits per heavy atom. The van der Waals surface area contributed by atoms with Crippen LogP contribution in [0.2, 0.25) is 0 Å². The third kappa shape index (κ3) is 1.97. The van der Waals surface area contributed by atoms with Crippen molar-refractivity contribution in [2.45, 2.75) is 26.3 Å². The smallest absolute Gasteiger partial charge is 0.226 e. The van der Waals surface area contributed by atoms with Crippen molar-refractivity contribution >= 4 is 12.2 Å². The fourth-order valence-corrected chi connectivity index (χ4v) is 1.52. The number of carbonyl (C=O) groups is 2. The van der Waals surface area contributed by atoms with Crippen molar-refractivity contribution in [2.75, 3.05) is 6.54 Å². The lowest BCUT2D eigenvalue weighted by Crippen LogP contribution is -2.38. The zero-order chi connectivity index (χ0) is 10.0. The first-order chi connectivity index (χ1) is 6.06. The highest BCUT2D eigenvalue weighted by atomic mass is 16.2. The highest BCUT2D eigenvalue weighted by molar-refractivity contribution is 5.82. The topological polar surface area (TPSA) is 37.4 Å². The number of amides is 1. The average Bonchev–Trinajstić information content (AvgIpc) is 2.45. The molecule has 0 aromatic heterocycles. The van der Waals surface area contributed by atoms with Crippen LogP contribution in [-0.4, -0.2) is 29.7 Å². The summed E-state index contributed by atoms with van der Waals surface area (Å²) in [5.74, 6) is -0.0101. The molecule has 0 aromatic carbocycles. The van der Waals surface area contributed by atoms with Gasteiger partial charge in [-0.3, -0.25) is 4.79 Å². The van der Waals surface area contributed by atoms with Crippen molar-refractivity contribution in [1.29, 1.82) is 0 Å². The maximum Gasteiger partial charge on any atom is 0.226 e. The highest BCUT2D eigenvalue weighted by Crippen LogP contribution is 2.21. The number of hydrogen-bond donors (Lipinski definition) is 0. The van der Waals surface area contributed by atoms with Gasteiger partial charge in [0.05, 0.1) is 6.04 Å². The minimum absolute atomic E-state index is 0.0377. The summed E-state index contributed by atoms with van der Waals surface area (Å²) in [5.41, 5.74) is 0.964. The Balaban J connectivity index is 2.73. The van der Waals surface area contributed by atoms with Crippen molar-refractivity contribution in [2.24, 2.45) is 5.92 Å². The lowest BCUT2D eigenvalue weighted by Gasteiger charge is -2.21. The molecule has 0 saturated carbocycles. The molecule has 0 radical (unpaired) electrons. The summed E-state index contributed by atoms with van der Waals surface area (Å²) in [6.45, 7) is 8.01. The molecule has 1 unspecified atom stereocenters. The zero-order valence-electron chi connectivity index (χ0n) is 8.12. The minimum atomic E-state index is -0.276. The summed E-state index contributed by atoms with van der Waals surface area (Å²) in [4.78, 5) is 23.9. The van der Waals surface area contributed by atoms with E-state index in [0.717, 1.165) is 11.9 Å². The van der Waals surface area contributed by atoms with Crippen LogP contribution in [0.3, 0.4) is 0 Å². The summed E-state index contributed by atoms with van der Waals surface area (Å²) >= 11 is 0. The SMILES string of the molecule is C=C1CC(C=O)N(C(=O)C(C)C)C1. The molecule has 1 aliphatic heterocycles. The molecule has 1 heterocycles. The summed E-state index contributed by atoms with van der Waals surface area (Å²) < 4.78 is 0. The summed E-state index contributed by atoms with van der Waals surface area (Å²) in [6.07, 6.45) is 1.46. The number of hydrogen-bond acceptors (Lipinski definition) is 2. The van der Waals surface area contributed by atoms with Crippen molar-refractivity contribution < 1.29 is 9.59 Å². The molecule has 1 amide bonds. The molecule has 1 aliphatic rings. The van der Waals surface area contributed by atoms with Gasteiger partial charge >= 0.3 is 0 Å². The van der Waals surface area contributed by atoms with Gasteiger partial charge in [-0.15, -0.1) is 0 Å². The van der Waals surface area contributed by atoms with Crippen LogP contribution in [0.25, 0.3) is 0 Å². The van der Waals surface area contributed by atoms with E-state index in [0.29, 0.717) is 13.0 Å². The Bertz CT molecular complexity index is 245. The van der Waals surface area contributed by atoms with Gasteiger partial charge in [0, 0.05) is 12.5 Å². The first kappa shape index (κ1) is 9.96. The molecule has 0 N–H and O–H groups in total. The predicted molar refractivity (Wildman–Crippen MR) is 50.2 cm³/mol. The Labute approximate surface area is 78.4 Å². The number of rotatable bonds is 2. The fourth-order valence-electron chi connectivity index (χ4n) is 1.52. The van der Waals surface area contributed by atoms with Gasteiger partial charge in [0.1, 0.15) is 6.29 Å². The van der Waals surface area contributed by atoms with Gasteiger partial charge < -0.3 is 9.69 Å². The monoisotopic (exact) mass is 181 g/mol. The standard InChI is InChI=1S/C10H15NO2/c1-7(2)10(13)11-5-8(3)4-9(11)6-12/h6-7,9H,3-5H2,1-2H3.